The van der Waals surface area contributed by atoms with Gasteiger partial charge in [-0.05, 0) is 25.7 Å². The Morgan fingerprint density at radius 3 is 2.67 bits per heavy atom. The van der Waals surface area contributed by atoms with Crippen molar-refractivity contribution in [1.29, 1.82) is 0 Å². The monoisotopic (exact) mass is 170 g/mol. The summed E-state index contributed by atoms with van der Waals surface area (Å²) in [7, 11) is 0. The van der Waals surface area contributed by atoms with Gasteiger partial charge in [0.15, 0.2) is 0 Å². The highest BCUT2D eigenvalue weighted by molar-refractivity contribution is 5.75. The number of hydrogen-bond acceptors (Lipinski definition) is 2. The zero-order valence-corrected chi connectivity index (χ0v) is 7.51. The van der Waals surface area contributed by atoms with Crippen LogP contribution in [0.3, 0.4) is 0 Å². The van der Waals surface area contributed by atoms with Crippen LogP contribution in [0.25, 0.3) is 0 Å². The Morgan fingerprint density at radius 2 is 2.17 bits per heavy atom. The summed E-state index contributed by atoms with van der Waals surface area (Å²) in [6, 6.07) is -0.632. The molecule has 1 fully saturated rings. The maximum Gasteiger partial charge on any atom is 0.324 e. The zero-order chi connectivity index (χ0) is 8.97. The summed E-state index contributed by atoms with van der Waals surface area (Å²) in [6.07, 6.45) is 4.37. The van der Waals surface area contributed by atoms with Crippen molar-refractivity contribution in [1.82, 2.24) is 5.73 Å². The Hall–Kier alpha value is -0.570. The molecule has 0 amide bonds. The second-order valence-corrected chi connectivity index (χ2v) is 3.27. The molecule has 1 aliphatic carbocycles. The van der Waals surface area contributed by atoms with Gasteiger partial charge in [0.05, 0.1) is 6.61 Å². The quantitative estimate of drug-likeness (QED) is 0.601. The van der Waals surface area contributed by atoms with Crippen LogP contribution in [0.1, 0.15) is 32.6 Å². The normalized spacial score (nSPS) is 20.8. The first-order valence-corrected chi connectivity index (χ1v) is 4.63. The summed E-state index contributed by atoms with van der Waals surface area (Å²) >= 11 is 0. The minimum atomic E-state index is -0.632. The molecule has 1 N–H and O–H groups in total. The smallest absolute Gasteiger partial charge is 0.324 e. The highest BCUT2D eigenvalue weighted by Crippen LogP contribution is 2.27. The third-order valence-electron chi connectivity index (χ3n) is 2.41. The number of rotatable bonds is 3. The first-order chi connectivity index (χ1) is 5.75. The minimum absolute atomic E-state index is 0.254. The predicted molar refractivity (Wildman–Crippen MR) is 45.5 cm³/mol. The van der Waals surface area contributed by atoms with Crippen LogP contribution in [-0.2, 0) is 9.53 Å². The molecule has 12 heavy (non-hydrogen) atoms. The van der Waals surface area contributed by atoms with E-state index in [1.807, 2.05) is 0 Å². The predicted octanol–water partition coefficient (Wildman–Crippen LogP) is 1.39. The lowest BCUT2D eigenvalue weighted by Gasteiger charge is -2.15. The van der Waals surface area contributed by atoms with Gasteiger partial charge in [-0.15, -0.1) is 0 Å². The molecular formula is C9H16NO2. The van der Waals surface area contributed by atoms with Gasteiger partial charge in [0.1, 0.15) is 6.04 Å². The Labute approximate surface area is 73.3 Å². The first-order valence-electron chi connectivity index (χ1n) is 4.63. The van der Waals surface area contributed by atoms with E-state index in [1.54, 1.807) is 6.92 Å². The van der Waals surface area contributed by atoms with Crippen molar-refractivity contribution in [3.05, 3.63) is 0 Å². The molecule has 0 heterocycles. The van der Waals surface area contributed by atoms with Crippen molar-refractivity contribution in [2.24, 2.45) is 5.92 Å². The van der Waals surface area contributed by atoms with Crippen molar-refractivity contribution < 1.29 is 9.53 Å². The Morgan fingerprint density at radius 1 is 1.58 bits per heavy atom. The number of carbonyl (C=O) groups is 1. The molecule has 69 valence electrons. The SMILES string of the molecule is CCOC(=O)C([NH])C1CCCC1. The van der Waals surface area contributed by atoms with Gasteiger partial charge in [-0.3, -0.25) is 4.79 Å². The molecule has 0 aromatic rings. The third kappa shape index (κ3) is 2.21. The summed E-state index contributed by atoms with van der Waals surface area (Å²) < 4.78 is 4.79. The Bertz CT molecular complexity index is 153. The second-order valence-electron chi connectivity index (χ2n) is 3.27. The highest BCUT2D eigenvalue weighted by Gasteiger charge is 2.28. The van der Waals surface area contributed by atoms with Gasteiger partial charge in [-0.2, -0.15) is 0 Å². The third-order valence-corrected chi connectivity index (χ3v) is 2.41. The molecule has 1 unspecified atom stereocenters. The topological polar surface area (TPSA) is 50.1 Å². The number of carbonyl (C=O) groups excluding carboxylic acids is 1. The van der Waals surface area contributed by atoms with Crippen LogP contribution >= 0.6 is 0 Å². The maximum atomic E-state index is 11.1. The van der Waals surface area contributed by atoms with Crippen molar-refractivity contribution in [3.63, 3.8) is 0 Å². The van der Waals surface area contributed by atoms with Gasteiger partial charge >= 0.3 is 5.97 Å². The molecule has 3 nitrogen and oxygen atoms in total. The van der Waals surface area contributed by atoms with Crippen LogP contribution < -0.4 is 5.73 Å². The molecule has 3 heteroatoms. The number of ether oxygens (including phenoxy) is 1. The number of esters is 1. The van der Waals surface area contributed by atoms with Gasteiger partial charge < -0.3 is 4.74 Å². The summed E-state index contributed by atoms with van der Waals surface area (Å²) in [5.74, 6) is -0.0894. The lowest BCUT2D eigenvalue weighted by molar-refractivity contribution is -0.146. The summed E-state index contributed by atoms with van der Waals surface area (Å²) in [5, 5.41) is 0. The van der Waals surface area contributed by atoms with Crippen LogP contribution in [0, 0.1) is 5.92 Å². The average Bonchev–Trinajstić information content (AvgIpc) is 2.55. The molecule has 0 spiro atoms. The average molecular weight is 170 g/mol. The molecule has 1 saturated carbocycles. The minimum Gasteiger partial charge on any atom is -0.465 e. The van der Waals surface area contributed by atoms with E-state index in [2.05, 4.69) is 0 Å². The van der Waals surface area contributed by atoms with Crippen molar-refractivity contribution in [2.45, 2.75) is 38.6 Å². The van der Waals surface area contributed by atoms with Gasteiger partial charge in [-0.1, -0.05) is 12.8 Å². The van der Waals surface area contributed by atoms with Gasteiger partial charge in [-0.25, -0.2) is 5.73 Å². The summed E-state index contributed by atoms with van der Waals surface area (Å²) in [5.41, 5.74) is 7.60. The van der Waals surface area contributed by atoms with E-state index in [1.165, 1.54) is 12.8 Å². The zero-order valence-electron chi connectivity index (χ0n) is 7.51. The molecule has 1 atom stereocenters. The standard InChI is InChI=1S/C9H16NO2/c1-2-12-9(11)8(10)7-5-3-4-6-7/h7-8,10H,2-6H2,1H3. The fourth-order valence-corrected chi connectivity index (χ4v) is 1.72. The van der Waals surface area contributed by atoms with E-state index >= 15 is 0 Å². The van der Waals surface area contributed by atoms with E-state index in [4.69, 9.17) is 10.5 Å². The fraction of sp³-hybridized carbons (Fsp3) is 0.889. The molecule has 0 aliphatic heterocycles. The summed E-state index contributed by atoms with van der Waals surface area (Å²) in [6.45, 7) is 2.17. The maximum absolute atomic E-state index is 11.1. The molecule has 0 aromatic heterocycles. The Kier molecular flexibility index (Phi) is 3.53. The van der Waals surface area contributed by atoms with E-state index in [0.29, 0.717) is 6.61 Å². The van der Waals surface area contributed by atoms with Crippen molar-refractivity contribution in [3.8, 4) is 0 Å². The van der Waals surface area contributed by atoms with Crippen LogP contribution in [0.2, 0.25) is 0 Å². The molecule has 1 radical (unpaired) electrons. The largest absolute Gasteiger partial charge is 0.465 e. The molecular weight excluding hydrogens is 154 g/mol. The second kappa shape index (κ2) is 4.45. The first kappa shape index (κ1) is 9.52. The molecule has 0 bridgehead atoms. The molecule has 0 aromatic carbocycles. The van der Waals surface area contributed by atoms with Crippen LogP contribution in [-0.4, -0.2) is 18.6 Å². The van der Waals surface area contributed by atoms with E-state index < -0.39 is 6.04 Å². The van der Waals surface area contributed by atoms with Gasteiger partial charge in [0.2, 0.25) is 0 Å². The number of hydrogen-bond donors (Lipinski definition) is 0. The van der Waals surface area contributed by atoms with E-state index in [-0.39, 0.29) is 11.9 Å². The van der Waals surface area contributed by atoms with Crippen LogP contribution in [0.4, 0.5) is 0 Å². The highest BCUT2D eigenvalue weighted by atomic mass is 16.5. The van der Waals surface area contributed by atoms with Gasteiger partial charge in [0.25, 0.3) is 0 Å². The summed E-state index contributed by atoms with van der Waals surface area (Å²) in [4.78, 5) is 11.1. The van der Waals surface area contributed by atoms with E-state index in [9.17, 15) is 4.79 Å². The molecule has 0 saturated heterocycles. The lowest BCUT2D eigenvalue weighted by Crippen LogP contribution is -2.31. The molecule has 1 rings (SSSR count). The fourth-order valence-electron chi connectivity index (χ4n) is 1.72. The lowest BCUT2D eigenvalue weighted by atomic mass is 9.99. The van der Waals surface area contributed by atoms with Gasteiger partial charge in [0, 0.05) is 0 Å². The van der Waals surface area contributed by atoms with Crippen molar-refractivity contribution >= 4 is 5.97 Å². The molecule has 1 aliphatic rings. The van der Waals surface area contributed by atoms with E-state index in [0.717, 1.165) is 12.8 Å². The Balaban J connectivity index is 2.34. The van der Waals surface area contributed by atoms with Crippen LogP contribution in [0.15, 0.2) is 0 Å². The van der Waals surface area contributed by atoms with Crippen LogP contribution in [0.5, 0.6) is 0 Å². The number of nitrogens with one attached hydrogen (secondary N) is 1. The van der Waals surface area contributed by atoms with Crippen molar-refractivity contribution in [2.75, 3.05) is 6.61 Å².